The average Bonchev–Trinajstić information content (AvgIpc) is 3.20. The second kappa shape index (κ2) is 7.42. The molecule has 122 valence electrons. The van der Waals surface area contributed by atoms with Gasteiger partial charge in [-0.15, -0.1) is 12.4 Å². The number of nitrogens with two attached hydrogens (primary N) is 1. The minimum Gasteiger partial charge on any atom is -0.339 e. The van der Waals surface area contributed by atoms with Gasteiger partial charge in [0.2, 0.25) is 5.91 Å². The van der Waals surface area contributed by atoms with Crippen LogP contribution in [0.25, 0.3) is 0 Å². The summed E-state index contributed by atoms with van der Waals surface area (Å²) < 4.78 is 13.2. The van der Waals surface area contributed by atoms with Gasteiger partial charge in [-0.25, -0.2) is 4.39 Å². The Morgan fingerprint density at radius 2 is 2.05 bits per heavy atom. The van der Waals surface area contributed by atoms with Gasteiger partial charge in [-0.3, -0.25) is 4.79 Å². The third-order valence-corrected chi connectivity index (χ3v) is 4.62. The lowest BCUT2D eigenvalue weighted by Gasteiger charge is -2.25. The second-order valence-electron chi connectivity index (χ2n) is 6.41. The molecular formula is C17H24ClFN2O. The first kappa shape index (κ1) is 17.2. The quantitative estimate of drug-likeness (QED) is 0.904. The van der Waals surface area contributed by atoms with Crippen molar-refractivity contribution in [2.24, 2.45) is 11.7 Å². The molecule has 0 aliphatic heterocycles. The van der Waals surface area contributed by atoms with Crippen LogP contribution in [0.2, 0.25) is 0 Å². The molecule has 0 heterocycles. The third-order valence-electron chi connectivity index (χ3n) is 4.62. The lowest BCUT2D eigenvalue weighted by Crippen LogP contribution is -2.39. The van der Waals surface area contributed by atoms with E-state index in [1.54, 1.807) is 12.1 Å². The van der Waals surface area contributed by atoms with Crippen molar-refractivity contribution >= 4 is 18.3 Å². The summed E-state index contributed by atoms with van der Waals surface area (Å²) in [5, 5.41) is 0. The van der Waals surface area contributed by atoms with Crippen LogP contribution in [0.1, 0.15) is 37.7 Å². The summed E-state index contributed by atoms with van der Waals surface area (Å²) in [6, 6.07) is 7.24. The smallest absolute Gasteiger partial charge is 0.226 e. The standard InChI is InChI=1S/C17H23FN2O.ClH/c18-14-3-1-2-12(10-14)8-9-20(16-6-7-16)17(21)13-4-5-15(19)11-13;/h1-3,10,13,15-16H,4-9,11,19H2;1H. The number of carbonyl (C=O) groups excluding carboxylic acids is 1. The monoisotopic (exact) mass is 326 g/mol. The van der Waals surface area contributed by atoms with E-state index in [2.05, 4.69) is 0 Å². The highest BCUT2D eigenvalue weighted by Gasteiger charge is 2.37. The van der Waals surface area contributed by atoms with E-state index in [0.29, 0.717) is 12.6 Å². The van der Waals surface area contributed by atoms with E-state index in [9.17, 15) is 9.18 Å². The summed E-state index contributed by atoms with van der Waals surface area (Å²) in [4.78, 5) is 14.7. The summed E-state index contributed by atoms with van der Waals surface area (Å²) in [7, 11) is 0. The lowest BCUT2D eigenvalue weighted by molar-refractivity contribution is -0.135. The third kappa shape index (κ3) is 4.20. The first-order valence-corrected chi connectivity index (χ1v) is 7.94. The molecule has 0 spiro atoms. The first-order chi connectivity index (χ1) is 10.1. The van der Waals surface area contributed by atoms with Crippen molar-refractivity contribution < 1.29 is 9.18 Å². The van der Waals surface area contributed by atoms with Crippen LogP contribution < -0.4 is 5.73 Å². The van der Waals surface area contributed by atoms with E-state index in [-0.39, 0.29) is 36.1 Å². The van der Waals surface area contributed by atoms with Gasteiger partial charge in [0.05, 0.1) is 0 Å². The maximum absolute atomic E-state index is 13.2. The fourth-order valence-electron chi connectivity index (χ4n) is 3.28. The van der Waals surface area contributed by atoms with Gasteiger partial charge in [0.25, 0.3) is 0 Å². The highest BCUT2D eigenvalue weighted by molar-refractivity contribution is 5.85. The van der Waals surface area contributed by atoms with E-state index in [0.717, 1.165) is 44.1 Å². The zero-order valence-corrected chi connectivity index (χ0v) is 13.5. The zero-order valence-electron chi connectivity index (χ0n) is 12.7. The molecule has 0 aromatic heterocycles. The van der Waals surface area contributed by atoms with Gasteiger partial charge in [0.15, 0.2) is 0 Å². The number of benzene rings is 1. The molecule has 22 heavy (non-hydrogen) atoms. The van der Waals surface area contributed by atoms with Crippen LogP contribution in [0.4, 0.5) is 4.39 Å². The van der Waals surface area contributed by atoms with E-state index < -0.39 is 0 Å². The van der Waals surface area contributed by atoms with Crippen LogP contribution >= 0.6 is 12.4 Å². The van der Waals surface area contributed by atoms with Crippen LogP contribution in [0, 0.1) is 11.7 Å². The maximum Gasteiger partial charge on any atom is 0.226 e. The second-order valence-corrected chi connectivity index (χ2v) is 6.41. The van der Waals surface area contributed by atoms with E-state index in [1.807, 2.05) is 11.0 Å². The molecule has 2 aliphatic rings. The van der Waals surface area contributed by atoms with Gasteiger partial charge >= 0.3 is 0 Å². The molecule has 1 amide bonds. The zero-order chi connectivity index (χ0) is 14.8. The molecule has 0 radical (unpaired) electrons. The Morgan fingerprint density at radius 1 is 1.27 bits per heavy atom. The normalized spacial score (nSPS) is 23.9. The minimum atomic E-state index is -0.210. The minimum absolute atomic E-state index is 0. The van der Waals surface area contributed by atoms with Gasteiger partial charge < -0.3 is 10.6 Å². The molecule has 1 aromatic rings. The topological polar surface area (TPSA) is 46.3 Å². The lowest BCUT2D eigenvalue weighted by atomic mass is 10.1. The van der Waals surface area contributed by atoms with E-state index in [4.69, 9.17) is 5.73 Å². The Kier molecular flexibility index (Phi) is 5.81. The van der Waals surface area contributed by atoms with Crippen molar-refractivity contribution in [3.8, 4) is 0 Å². The van der Waals surface area contributed by atoms with Crippen LogP contribution in [0.3, 0.4) is 0 Å². The number of rotatable bonds is 5. The number of nitrogens with zero attached hydrogens (tertiary/aromatic N) is 1. The fourth-order valence-corrected chi connectivity index (χ4v) is 3.28. The van der Waals surface area contributed by atoms with Crippen LogP contribution in [0.5, 0.6) is 0 Å². The Morgan fingerprint density at radius 3 is 2.64 bits per heavy atom. The largest absolute Gasteiger partial charge is 0.339 e. The number of amides is 1. The number of halogens is 2. The van der Waals surface area contributed by atoms with Crippen LogP contribution in [0.15, 0.2) is 24.3 Å². The van der Waals surface area contributed by atoms with Crippen molar-refractivity contribution in [1.29, 1.82) is 0 Å². The van der Waals surface area contributed by atoms with Crippen LogP contribution in [-0.2, 0) is 11.2 Å². The SMILES string of the molecule is Cl.NC1CCC(C(=O)N(CCc2cccc(F)c2)C2CC2)C1. The van der Waals surface area contributed by atoms with E-state index in [1.165, 1.54) is 6.07 Å². The molecule has 2 aliphatic carbocycles. The molecule has 3 rings (SSSR count). The van der Waals surface area contributed by atoms with Crippen molar-refractivity contribution in [1.82, 2.24) is 4.90 Å². The van der Waals surface area contributed by atoms with Gasteiger partial charge in [0.1, 0.15) is 5.82 Å². The molecule has 5 heteroatoms. The number of carbonyl (C=O) groups is 1. The van der Waals surface area contributed by atoms with Gasteiger partial charge in [0, 0.05) is 24.5 Å². The van der Waals surface area contributed by atoms with E-state index >= 15 is 0 Å². The molecule has 0 bridgehead atoms. The fraction of sp³-hybridized carbons (Fsp3) is 0.588. The molecular weight excluding hydrogens is 303 g/mol. The van der Waals surface area contributed by atoms with Gasteiger partial charge in [-0.2, -0.15) is 0 Å². The van der Waals surface area contributed by atoms with Gasteiger partial charge in [-0.1, -0.05) is 12.1 Å². The Labute approximate surface area is 137 Å². The molecule has 3 nitrogen and oxygen atoms in total. The van der Waals surface area contributed by atoms with Gasteiger partial charge in [-0.05, 0) is 56.2 Å². The summed E-state index contributed by atoms with van der Waals surface area (Å²) in [6.45, 7) is 0.693. The summed E-state index contributed by atoms with van der Waals surface area (Å²) in [5.41, 5.74) is 6.88. The molecule has 2 fully saturated rings. The van der Waals surface area contributed by atoms with Crippen molar-refractivity contribution in [2.75, 3.05) is 6.54 Å². The van der Waals surface area contributed by atoms with Crippen molar-refractivity contribution in [2.45, 2.75) is 50.6 Å². The Hall–Kier alpha value is -1.13. The summed E-state index contributed by atoms with van der Waals surface area (Å²) in [6.07, 6.45) is 5.63. The first-order valence-electron chi connectivity index (χ1n) is 7.94. The highest BCUT2D eigenvalue weighted by Crippen LogP contribution is 2.32. The molecule has 1 aromatic carbocycles. The molecule has 2 N–H and O–H groups in total. The highest BCUT2D eigenvalue weighted by atomic mass is 35.5. The molecule has 2 atom stereocenters. The van der Waals surface area contributed by atoms with Crippen molar-refractivity contribution in [3.05, 3.63) is 35.6 Å². The van der Waals surface area contributed by atoms with Crippen LogP contribution in [-0.4, -0.2) is 29.4 Å². The number of hydrogen-bond donors (Lipinski definition) is 1. The maximum atomic E-state index is 13.2. The molecule has 2 unspecified atom stereocenters. The molecule has 2 saturated carbocycles. The number of hydrogen-bond acceptors (Lipinski definition) is 2. The summed E-state index contributed by atoms with van der Waals surface area (Å²) in [5.74, 6) is 0.161. The Bertz CT molecular complexity index is 521. The predicted molar refractivity (Wildman–Crippen MR) is 87.4 cm³/mol. The molecule has 0 saturated heterocycles. The van der Waals surface area contributed by atoms with Crippen molar-refractivity contribution in [3.63, 3.8) is 0 Å². The predicted octanol–water partition coefficient (Wildman–Crippen LogP) is 2.91. The Balaban J connectivity index is 0.00000176. The average molecular weight is 327 g/mol. The summed E-state index contributed by atoms with van der Waals surface area (Å²) >= 11 is 0.